The van der Waals surface area contributed by atoms with Gasteiger partial charge in [-0.3, -0.25) is 4.68 Å². The van der Waals surface area contributed by atoms with Gasteiger partial charge in [0.25, 0.3) is 0 Å². The third kappa shape index (κ3) is 3.13. The van der Waals surface area contributed by atoms with Crippen molar-refractivity contribution in [3.05, 3.63) is 30.0 Å². The molecule has 102 valence electrons. The molecule has 1 heterocycles. The number of para-hydroxylation sites is 1. The third-order valence-corrected chi connectivity index (χ3v) is 3.33. The molecule has 2 aromatic rings. The zero-order valence-electron chi connectivity index (χ0n) is 11.3. The molecule has 4 heteroatoms. The Hall–Kier alpha value is -1.84. The van der Waals surface area contributed by atoms with Gasteiger partial charge in [0.1, 0.15) is 0 Å². The van der Waals surface area contributed by atoms with E-state index < -0.39 is 5.97 Å². The summed E-state index contributed by atoms with van der Waals surface area (Å²) in [4.78, 5) is 11.2. The SMILES string of the molecule is CCCCCCCn1nc(C(=O)O)c2ccccc21. The lowest BCUT2D eigenvalue weighted by atomic mass is 10.1. The highest BCUT2D eigenvalue weighted by Gasteiger charge is 2.15. The zero-order valence-corrected chi connectivity index (χ0v) is 11.3. The molecule has 0 amide bonds. The average Bonchev–Trinajstić information content (AvgIpc) is 2.78. The van der Waals surface area contributed by atoms with Gasteiger partial charge in [0.2, 0.25) is 0 Å². The van der Waals surface area contributed by atoms with Crippen molar-refractivity contribution in [3.8, 4) is 0 Å². The molecule has 0 radical (unpaired) electrons. The number of aromatic nitrogens is 2. The first-order chi connectivity index (χ1) is 9.24. The molecule has 0 unspecified atom stereocenters. The maximum Gasteiger partial charge on any atom is 0.357 e. The molecule has 0 aliphatic rings. The van der Waals surface area contributed by atoms with Crippen molar-refractivity contribution in [1.82, 2.24) is 9.78 Å². The van der Waals surface area contributed by atoms with Crippen LogP contribution in [-0.4, -0.2) is 20.9 Å². The molecule has 0 fully saturated rings. The van der Waals surface area contributed by atoms with E-state index in [1.807, 2.05) is 28.9 Å². The van der Waals surface area contributed by atoms with Gasteiger partial charge in [-0.2, -0.15) is 5.10 Å². The minimum Gasteiger partial charge on any atom is -0.476 e. The Balaban J connectivity index is 2.12. The lowest BCUT2D eigenvalue weighted by Gasteiger charge is -2.03. The summed E-state index contributed by atoms with van der Waals surface area (Å²) in [5, 5.41) is 14.1. The first kappa shape index (κ1) is 13.6. The molecule has 0 aliphatic carbocycles. The van der Waals surface area contributed by atoms with Crippen LogP contribution in [0.25, 0.3) is 10.9 Å². The highest BCUT2D eigenvalue weighted by atomic mass is 16.4. The summed E-state index contributed by atoms with van der Waals surface area (Å²) < 4.78 is 1.82. The van der Waals surface area contributed by atoms with E-state index in [0.29, 0.717) is 0 Å². The Bertz CT molecular complexity index is 560. The number of rotatable bonds is 7. The van der Waals surface area contributed by atoms with Gasteiger partial charge in [0.05, 0.1) is 5.52 Å². The lowest BCUT2D eigenvalue weighted by molar-refractivity contribution is 0.0691. The van der Waals surface area contributed by atoms with Crippen LogP contribution in [0, 0.1) is 0 Å². The fourth-order valence-corrected chi connectivity index (χ4v) is 2.32. The molecule has 0 bridgehead atoms. The van der Waals surface area contributed by atoms with E-state index >= 15 is 0 Å². The Labute approximate surface area is 113 Å². The summed E-state index contributed by atoms with van der Waals surface area (Å²) >= 11 is 0. The first-order valence-electron chi connectivity index (χ1n) is 6.93. The highest BCUT2D eigenvalue weighted by molar-refractivity contribution is 6.01. The Kier molecular flexibility index (Phi) is 4.55. The summed E-state index contributed by atoms with van der Waals surface area (Å²) in [6, 6.07) is 7.52. The fourth-order valence-electron chi connectivity index (χ4n) is 2.32. The quantitative estimate of drug-likeness (QED) is 0.772. The van der Waals surface area contributed by atoms with Crippen LogP contribution >= 0.6 is 0 Å². The number of aryl methyl sites for hydroxylation is 1. The van der Waals surface area contributed by atoms with Crippen LogP contribution in [-0.2, 0) is 6.54 Å². The standard InChI is InChI=1S/C15H20N2O2/c1-2-3-4-5-8-11-17-13-10-7-6-9-12(13)14(16-17)15(18)19/h6-7,9-10H,2-5,8,11H2,1H3,(H,18,19). The molecule has 1 aromatic heterocycles. The van der Waals surface area contributed by atoms with E-state index in [0.717, 1.165) is 23.9 Å². The van der Waals surface area contributed by atoms with Crippen molar-refractivity contribution in [2.24, 2.45) is 0 Å². The van der Waals surface area contributed by atoms with Crippen LogP contribution in [0.5, 0.6) is 0 Å². The maximum absolute atomic E-state index is 11.2. The van der Waals surface area contributed by atoms with Crippen LogP contribution < -0.4 is 0 Å². The number of unbranched alkanes of at least 4 members (excludes halogenated alkanes) is 4. The lowest BCUT2D eigenvalue weighted by Crippen LogP contribution is -2.03. The van der Waals surface area contributed by atoms with Crippen LogP contribution in [0.2, 0.25) is 0 Å². The van der Waals surface area contributed by atoms with Crippen LogP contribution in [0.3, 0.4) is 0 Å². The smallest absolute Gasteiger partial charge is 0.357 e. The molecule has 1 N–H and O–H groups in total. The van der Waals surface area contributed by atoms with Gasteiger partial charge >= 0.3 is 5.97 Å². The van der Waals surface area contributed by atoms with Crippen molar-refractivity contribution < 1.29 is 9.90 Å². The molecule has 4 nitrogen and oxygen atoms in total. The molecule has 2 rings (SSSR count). The molecule has 19 heavy (non-hydrogen) atoms. The molecular formula is C15H20N2O2. The number of carbonyl (C=O) groups is 1. The number of hydrogen-bond acceptors (Lipinski definition) is 2. The Morgan fingerprint density at radius 3 is 2.68 bits per heavy atom. The van der Waals surface area contributed by atoms with Gasteiger partial charge in [-0.05, 0) is 12.5 Å². The predicted molar refractivity (Wildman–Crippen MR) is 75.5 cm³/mol. The normalized spacial score (nSPS) is 11.0. The van der Waals surface area contributed by atoms with E-state index in [2.05, 4.69) is 12.0 Å². The van der Waals surface area contributed by atoms with E-state index in [9.17, 15) is 4.79 Å². The van der Waals surface area contributed by atoms with Crippen LogP contribution in [0.1, 0.15) is 49.5 Å². The average molecular weight is 260 g/mol. The summed E-state index contributed by atoms with van der Waals surface area (Å²) in [6.07, 6.45) is 5.95. The maximum atomic E-state index is 11.2. The van der Waals surface area contributed by atoms with Gasteiger partial charge < -0.3 is 5.11 Å². The number of carboxylic acids is 1. The second-order valence-corrected chi connectivity index (χ2v) is 4.81. The number of aromatic carboxylic acids is 1. The minimum absolute atomic E-state index is 0.157. The molecule has 0 saturated heterocycles. The summed E-state index contributed by atoms with van der Waals surface area (Å²) in [5.74, 6) is -0.957. The zero-order chi connectivity index (χ0) is 13.7. The number of hydrogen-bond donors (Lipinski definition) is 1. The van der Waals surface area contributed by atoms with Gasteiger partial charge in [-0.15, -0.1) is 0 Å². The van der Waals surface area contributed by atoms with Gasteiger partial charge in [0, 0.05) is 11.9 Å². The van der Waals surface area contributed by atoms with E-state index in [1.54, 1.807) is 0 Å². The number of fused-ring (bicyclic) bond motifs is 1. The summed E-state index contributed by atoms with van der Waals surface area (Å²) in [6.45, 7) is 2.98. The highest BCUT2D eigenvalue weighted by Crippen LogP contribution is 2.19. The van der Waals surface area contributed by atoms with E-state index in [1.165, 1.54) is 25.7 Å². The molecule has 1 aromatic carbocycles. The Morgan fingerprint density at radius 1 is 1.21 bits per heavy atom. The van der Waals surface area contributed by atoms with Gasteiger partial charge in [-0.1, -0.05) is 50.8 Å². The second-order valence-electron chi connectivity index (χ2n) is 4.81. The summed E-state index contributed by atoms with van der Waals surface area (Å²) in [5.41, 5.74) is 1.07. The predicted octanol–water partition coefficient (Wildman–Crippen LogP) is 3.70. The number of benzene rings is 1. The van der Waals surface area contributed by atoms with Crippen molar-refractivity contribution in [3.63, 3.8) is 0 Å². The second kappa shape index (κ2) is 6.36. The van der Waals surface area contributed by atoms with Crippen LogP contribution in [0.15, 0.2) is 24.3 Å². The van der Waals surface area contributed by atoms with E-state index in [-0.39, 0.29) is 5.69 Å². The first-order valence-corrected chi connectivity index (χ1v) is 6.93. The number of nitrogens with zero attached hydrogens (tertiary/aromatic N) is 2. The van der Waals surface area contributed by atoms with Crippen molar-refractivity contribution in [2.45, 2.75) is 45.6 Å². The number of carboxylic acid groups (broad SMARTS) is 1. The molecule has 0 aliphatic heterocycles. The van der Waals surface area contributed by atoms with Gasteiger partial charge in [0.15, 0.2) is 5.69 Å². The monoisotopic (exact) mass is 260 g/mol. The van der Waals surface area contributed by atoms with Crippen molar-refractivity contribution >= 4 is 16.9 Å². The fraction of sp³-hybridized carbons (Fsp3) is 0.467. The molecule has 0 spiro atoms. The molecular weight excluding hydrogens is 240 g/mol. The third-order valence-electron chi connectivity index (χ3n) is 3.33. The van der Waals surface area contributed by atoms with E-state index in [4.69, 9.17) is 5.11 Å². The van der Waals surface area contributed by atoms with Crippen LogP contribution in [0.4, 0.5) is 0 Å². The largest absolute Gasteiger partial charge is 0.476 e. The molecule has 0 atom stereocenters. The minimum atomic E-state index is -0.957. The van der Waals surface area contributed by atoms with Crippen molar-refractivity contribution in [1.29, 1.82) is 0 Å². The topological polar surface area (TPSA) is 55.1 Å². The van der Waals surface area contributed by atoms with Crippen molar-refractivity contribution in [2.75, 3.05) is 0 Å². The Morgan fingerprint density at radius 2 is 1.95 bits per heavy atom. The summed E-state index contributed by atoms with van der Waals surface area (Å²) in [7, 11) is 0. The molecule has 0 saturated carbocycles. The van der Waals surface area contributed by atoms with Gasteiger partial charge in [-0.25, -0.2) is 4.79 Å².